The summed E-state index contributed by atoms with van der Waals surface area (Å²) in [4.78, 5) is 22.3. The molecule has 1 saturated heterocycles. The number of ether oxygens (including phenoxy) is 1. The minimum Gasteiger partial charge on any atom is -0.387 e. The Kier molecular flexibility index (Phi) is 6.84. The van der Waals surface area contributed by atoms with Crippen LogP contribution in [-0.4, -0.2) is 82.0 Å². The van der Waals surface area contributed by atoms with Gasteiger partial charge in [0, 0.05) is 19.0 Å². The fourth-order valence-electron chi connectivity index (χ4n) is 4.72. The van der Waals surface area contributed by atoms with Gasteiger partial charge in [-0.2, -0.15) is 0 Å². The molecule has 4 aromatic rings. The Balaban J connectivity index is 1.19. The van der Waals surface area contributed by atoms with E-state index in [0.29, 0.717) is 23.2 Å². The number of hydrogen-bond acceptors (Lipinski definition) is 9. The van der Waals surface area contributed by atoms with E-state index in [0.717, 1.165) is 37.1 Å². The van der Waals surface area contributed by atoms with Gasteiger partial charge in [0.2, 0.25) is 0 Å². The summed E-state index contributed by atoms with van der Waals surface area (Å²) in [5.41, 5.74) is 8.19. The number of aliphatic hydroxyl groups excluding tert-OH is 2. The molecule has 0 bridgehead atoms. The highest BCUT2D eigenvalue weighted by Crippen LogP contribution is 2.32. The molecule has 1 aromatic carbocycles. The topological polar surface area (TPSA) is 151 Å². The first-order chi connectivity index (χ1) is 17.3. The van der Waals surface area contributed by atoms with Crippen LogP contribution in [-0.2, 0) is 11.2 Å². The maximum atomic E-state index is 13.4. The van der Waals surface area contributed by atoms with Crippen LogP contribution in [0.3, 0.4) is 0 Å². The number of nitrogens with zero attached hydrogens (tertiary/aromatic N) is 6. The van der Waals surface area contributed by atoms with Crippen molar-refractivity contribution in [3.05, 3.63) is 42.5 Å². The minimum absolute atomic E-state index is 0.216. The number of halogens is 1. The zero-order valence-corrected chi connectivity index (χ0v) is 20.3. The zero-order valence-electron chi connectivity index (χ0n) is 20.3. The third-order valence-corrected chi connectivity index (χ3v) is 6.75. The van der Waals surface area contributed by atoms with Gasteiger partial charge in [-0.15, -0.1) is 0 Å². The van der Waals surface area contributed by atoms with Gasteiger partial charge in [-0.25, -0.2) is 24.3 Å². The van der Waals surface area contributed by atoms with E-state index in [9.17, 15) is 14.6 Å². The first-order valence-electron chi connectivity index (χ1n) is 12.1. The third-order valence-electron chi connectivity index (χ3n) is 6.75. The minimum atomic E-state index is -1.14. The van der Waals surface area contributed by atoms with Gasteiger partial charge in [-0.1, -0.05) is 0 Å². The van der Waals surface area contributed by atoms with Crippen molar-refractivity contribution in [2.75, 3.05) is 18.8 Å². The van der Waals surface area contributed by atoms with E-state index < -0.39 is 24.5 Å². The van der Waals surface area contributed by atoms with Gasteiger partial charge >= 0.3 is 0 Å². The number of benzene rings is 1. The van der Waals surface area contributed by atoms with Crippen molar-refractivity contribution in [3.63, 3.8) is 0 Å². The summed E-state index contributed by atoms with van der Waals surface area (Å²) in [5.74, 6) is 0.793. The van der Waals surface area contributed by atoms with Crippen LogP contribution in [0.1, 0.15) is 38.7 Å². The van der Waals surface area contributed by atoms with E-state index in [1.54, 1.807) is 10.6 Å². The highest BCUT2D eigenvalue weighted by Gasteiger charge is 2.45. The Labute approximate surface area is 207 Å². The van der Waals surface area contributed by atoms with Gasteiger partial charge in [0.15, 0.2) is 17.7 Å². The van der Waals surface area contributed by atoms with Crippen LogP contribution in [0.15, 0.2) is 30.9 Å². The molecule has 5 N–H and O–H groups in total. The average molecular weight is 499 g/mol. The molecule has 0 spiro atoms. The molecule has 0 saturated carbocycles. The number of imidazole rings is 2. The van der Waals surface area contributed by atoms with Crippen molar-refractivity contribution in [2.45, 2.75) is 63.7 Å². The predicted octanol–water partition coefficient (Wildman–Crippen LogP) is 1.78. The lowest BCUT2D eigenvalue weighted by atomic mass is 10.1. The normalized spacial score (nSPS) is 22.5. The highest BCUT2D eigenvalue weighted by atomic mass is 19.1. The predicted molar refractivity (Wildman–Crippen MR) is 131 cm³/mol. The molecule has 0 amide bonds. The van der Waals surface area contributed by atoms with E-state index in [1.165, 1.54) is 24.8 Å². The molecule has 1 aliphatic rings. The van der Waals surface area contributed by atoms with E-state index in [-0.39, 0.29) is 17.7 Å². The fraction of sp³-hybridized carbons (Fsp3) is 0.500. The molecule has 36 heavy (non-hydrogen) atoms. The first-order valence-corrected chi connectivity index (χ1v) is 12.1. The summed E-state index contributed by atoms with van der Waals surface area (Å²) in [7, 11) is 0. The second-order valence-corrected chi connectivity index (χ2v) is 9.52. The molecule has 11 nitrogen and oxygen atoms in total. The summed E-state index contributed by atoms with van der Waals surface area (Å²) in [6.07, 6.45) is 1.74. The molecule has 4 atom stereocenters. The molecule has 1 fully saturated rings. The van der Waals surface area contributed by atoms with Crippen LogP contribution in [0.5, 0.6) is 0 Å². The van der Waals surface area contributed by atoms with Crippen molar-refractivity contribution in [1.29, 1.82) is 0 Å². The molecule has 12 heteroatoms. The number of rotatable bonds is 9. The first kappa shape index (κ1) is 24.5. The lowest BCUT2D eigenvalue weighted by molar-refractivity contribution is -0.0469. The van der Waals surface area contributed by atoms with Crippen molar-refractivity contribution >= 4 is 28.0 Å². The molecule has 3 aromatic heterocycles. The summed E-state index contributed by atoms with van der Waals surface area (Å²) in [6.45, 7) is 5.43. The Hall–Kier alpha value is -3.19. The Morgan fingerprint density at radius 3 is 2.83 bits per heavy atom. The van der Waals surface area contributed by atoms with Gasteiger partial charge in [0.25, 0.3) is 0 Å². The molecule has 0 unspecified atom stereocenters. The van der Waals surface area contributed by atoms with Crippen LogP contribution in [0.4, 0.5) is 10.2 Å². The Bertz CT molecular complexity index is 1340. The number of nitrogens with one attached hydrogen (secondary N) is 1. The van der Waals surface area contributed by atoms with Gasteiger partial charge in [-0.05, 0) is 51.4 Å². The number of nitrogens with two attached hydrogens (primary N) is 1. The monoisotopic (exact) mass is 498 g/mol. The number of aliphatic hydroxyl groups is 2. The second-order valence-electron chi connectivity index (χ2n) is 9.52. The molecule has 192 valence electrons. The molecular weight excluding hydrogens is 467 g/mol. The lowest BCUT2D eigenvalue weighted by Crippen LogP contribution is -2.43. The van der Waals surface area contributed by atoms with Gasteiger partial charge in [-0.3, -0.25) is 9.47 Å². The average Bonchev–Trinajstić information content (AvgIpc) is 3.53. The molecule has 0 radical (unpaired) electrons. The SMILES string of the molecule is CC(C)N(CCCCc1nc2ccc(F)cc2[nH]1)C[C@H]1O[C@@H](n2cnc3c(N)ncnc32)[C@H](O)[C@@H]1O. The maximum Gasteiger partial charge on any atom is 0.167 e. The van der Waals surface area contributed by atoms with Gasteiger partial charge in [0.1, 0.15) is 41.8 Å². The van der Waals surface area contributed by atoms with Crippen LogP contribution in [0.2, 0.25) is 0 Å². The van der Waals surface area contributed by atoms with Crippen molar-refractivity contribution in [3.8, 4) is 0 Å². The summed E-state index contributed by atoms with van der Waals surface area (Å²) < 4.78 is 21.1. The number of unbranched alkanes of at least 4 members (excludes halogenated alkanes) is 1. The molecular formula is C24H31FN8O3. The number of anilines is 1. The third kappa shape index (κ3) is 4.76. The largest absolute Gasteiger partial charge is 0.387 e. The number of hydrogen-bond donors (Lipinski definition) is 4. The quantitative estimate of drug-likeness (QED) is 0.253. The van der Waals surface area contributed by atoms with Gasteiger partial charge < -0.3 is 25.7 Å². The second kappa shape index (κ2) is 10.1. The summed E-state index contributed by atoms with van der Waals surface area (Å²) >= 11 is 0. The van der Waals surface area contributed by atoms with Crippen LogP contribution in [0, 0.1) is 5.82 Å². The Morgan fingerprint density at radius 2 is 2.03 bits per heavy atom. The van der Waals surface area contributed by atoms with Crippen LogP contribution >= 0.6 is 0 Å². The van der Waals surface area contributed by atoms with Crippen LogP contribution < -0.4 is 5.73 Å². The number of nitrogen functional groups attached to an aromatic ring is 1. The standard InChI is InChI=1S/C24H31FN8O3/c1-13(2)32(8-4-3-5-18-30-15-7-6-14(25)9-16(15)31-18)10-17-20(34)21(35)24(36-17)33-12-29-19-22(26)27-11-28-23(19)33/h6-7,9,11-13,17,20-21,24,34-35H,3-5,8,10H2,1-2H3,(H,30,31)(H2,26,27,28)/t17-,20-,21-,24-/m1/s1. The van der Waals surface area contributed by atoms with E-state index in [1.807, 2.05) is 0 Å². The number of fused-ring (bicyclic) bond motifs is 2. The van der Waals surface area contributed by atoms with Crippen molar-refractivity contribution in [1.82, 2.24) is 34.4 Å². The van der Waals surface area contributed by atoms with E-state index >= 15 is 0 Å². The lowest BCUT2D eigenvalue weighted by Gasteiger charge is -2.30. The fourth-order valence-corrected chi connectivity index (χ4v) is 4.72. The molecule has 5 rings (SSSR count). The number of aromatic nitrogens is 6. The Morgan fingerprint density at radius 1 is 1.19 bits per heavy atom. The van der Waals surface area contributed by atoms with E-state index in [4.69, 9.17) is 10.5 Å². The molecule has 4 heterocycles. The smallest absolute Gasteiger partial charge is 0.167 e. The number of H-pyrrole nitrogens is 1. The summed E-state index contributed by atoms with van der Waals surface area (Å²) in [6, 6.07) is 4.75. The maximum absolute atomic E-state index is 13.4. The number of aromatic amines is 1. The highest BCUT2D eigenvalue weighted by molar-refractivity contribution is 5.81. The molecule has 1 aliphatic heterocycles. The van der Waals surface area contributed by atoms with Crippen molar-refractivity contribution < 1.29 is 19.3 Å². The van der Waals surface area contributed by atoms with Crippen molar-refractivity contribution in [2.24, 2.45) is 0 Å². The van der Waals surface area contributed by atoms with E-state index in [2.05, 4.69) is 43.7 Å². The zero-order chi connectivity index (χ0) is 25.4. The van der Waals surface area contributed by atoms with Crippen LogP contribution in [0.25, 0.3) is 22.2 Å². The number of aryl methyl sites for hydroxylation is 1. The van der Waals surface area contributed by atoms with Gasteiger partial charge in [0.05, 0.1) is 17.4 Å². The summed E-state index contributed by atoms with van der Waals surface area (Å²) in [5, 5.41) is 21.5. The molecule has 0 aliphatic carbocycles.